The van der Waals surface area contributed by atoms with Crippen LogP contribution in [0, 0.1) is 0 Å². The monoisotopic (exact) mass is 928 g/mol. The zero-order valence-corrected chi connectivity index (χ0v) is 43.3. The van der Waals surface area contributed by atoms with E-state index in [0.29, 0.717) is 23.9 Å². The third-order valence-corrected chi connectivity index (χ3v) is 12.0. The molecule has 9 heteroatoms. The lowest BCUT2D eigenvalue weighted by Crippen LogP contribution is -2.45. The number of nitrogens with one attached hydrogen (secondary N) is 1. The van der Waals surface area contributed by atoms with E-state index in [1.807, 2.05) is 27.2 Å². The van der Waals surface area contributed by atoms with Gasteiger partial charge in [-0.1, -0.05) is 201 Å². The van der Waals surface area contributed by atoms with Crippen LogP contribution in [0.1, 0.15) is 200 Å². The maximum atomic E-state index is 12.9. The number of likely N-dealkylation sites (N-methyl/N-ethyl adjacent to an activating group) is 1. The maximum absolute atomic E-state index is 12.9. The SMILES string of the molecule is CC/C=C\C/C=C\C/C=C\C/C=C\C/C=C\CCCCCC(=O)NC(COP(=O)(O)OCC[N+](C)(C)C)C(O)/C=C/CC/C=C/CC/C=C/CCCCCCCCCCCCCCCC. The Bertz CT molecular complexity index is 1370. The minimum Gasteiger partial charge on any atom is -0.387 e. The molecule has 8 nitrogen and oxygen atoms in total. The van der Waals surface area contributed by atoms with Crippen molar-refractivity contribution in [2.75, 3.05) is 40.9 Å². The summed E-state index contributed by atoms with van der Waals surface area (Å²) < 4.78 is 23.6. The lowest BCUT2D eigenvalue weighted by atomic mass is 10.0. The standard InChI is InChI=1S/C56H99N2O6P/c1-6-8-10-12-14-16-18-20-22-24-26-27-28-29-30-32-33-35-37-39-41-43-45-47-49-55(59)54(53-64-65(61,62)63-52-51-58(3,4)5)57-56(60)50-48-46-44-42-40-38-36-34-31-25-23-21-19-17-15-13-11-9-7-2/h9,11,15,17,21,23,31-34,38-41,47,49,54-55,59H,6-8,10,12-14,16,18-20,22,24-30,35-37,42-46,48,50-53H2,1-5H3,(H-,57,60,61,62)/p+1/b11-9-,17-15-,23-21-,33-32+,34-31-,40-38-,41-39+,49-47+. The molecule has 0 fully saturated rings. The van der Waals surface area contributed by atoms with Gasteiger partial charge < -0.3 is 19.8 Å². The molecule has 1 amide bonds. The molecule has 0 spiro atoms. The molecule has 0 aromatic rings. The average molecular weight is 928 g/mol. The van der Waals surface area contributed by atoms with Gasteiger partial charge in [-0.25, -0.2) is 4.57 Å². The van der Waals surface area contributed by atoms with Crippen LogP contribution < -0.4 is 5.32 Å². The normalized spacial score (nSPS) is 14.9. The molecule has 0 saturated heterocycles. The number of nitrogens with zero attached hydrogens (tertiary/aromatic N) is 1. The quantitative estimate of drug-likeness (QED) is 0.0243. The lowest BCUT2D eigenvalue weighted by molar-refractivity contribution is -0.870. The third kappa shape index (κ3) is 49.2. The van der Waals surface area contributed by atoms with Gasteiger partial charge in [-0.2, -0.15) is 0 Å². The first kappa shape index (κ1) is 62.4. The summed E-state index contributed by atoms with van der Waals surface area (Å²) in [5.41, 5.74) is 0. The van der Waals surface area contributed by atoms with E-state index in [9.17, 15) is 19.4 Å². The Morgan fingerprint density at radius 2 is 0.938 bits per heavy atom. The molecule has 0 radical (unpaired) electrons. The summed E-state index contributed by atoms with van der Waals surface area (Å²) in [4.78, 5) is 23.2. The Morgan fingerprint density at radius 1 is 0.538 bits per heavy atom. The van der Waals surface area contributed by atoms with E-state index in [-0.39, 0.29) is 19.1 Å². The zero-order chi connectivity index (χ0) is 47.8. The van der Waals surface area contributed by atoms with Crippen molar-refractivity contribution in [1.82, 2.24) is 5.32 Å². The average Bonchev–Trinajstić information content (AvgIpc) is 3.26. The van der Waals surface area contributed by atoms with Gasteiger partial charge in [0.1, 0.15) is 13.2 Å². The van der Waals surface area contributed by atoms with Gasteiger partial charge in [0.15, 0.2) is 0 Å². The van der Waals surface area contributed by atoms with Crippen molar-refractivity contribution in [2.24, 2.45) is 0 Å². The number of carbonyl (C=O) groups excluding carboxylic acids is 1. The van der Waals surface area contributed by atoms with Crippen molar-refractivity contribution in [2.45, 2.75) is 212 Å². The van der Waals surface area contributed by atoms with Gasteiger partial charge in [-0.15, -0.1) is 0 Å². The van der Waals surface area contributed by atoms with Crippen molar-refractivity contribution < 1.29 is 32.9 Å². The Labute approximate surface area is 400 Å². The number of aliphatic hydroxyl groups is 1. The van der Waals surface area contributed by atoms with Crippen molar-refractivity contribution in [3.8, 4) is 0 Å². The summed E-state index contributed by atoms with van der Waals surface area (Å²) in [5.74, 6) is -0.226. The van der Waals surface area contributed by atoms with Crippen LogP contribution in [0.5, 0.6) is 0 Å². The molecule has 0 saturated carbocycles. The van der Waals surface area contributed by atoms with Gasteiger partial charge in [0.2, 0.25) is 5.91 Å². The summed E-state index contributed by atoms with van der Waals surface area (Å²) in [6.07, 6.45) is 66.5. The third-order valence-electron chi connectivity index (χ3n) is 11.0. The highest BCUT2D eigenvalue weighted by atomic mass is 31.2. The van der Waals surface area contributed by atoms with Crippen LogP contribution in [0.25, 0.3) is 0 Å². The first-order chi connectivity index (χ1) is 31.5. The smallest absolute Gasteiger partial charge is 0.387 e. The largest absolute Gasteiger partial charge is 0.472 e. The first-order valence-electron chi connectivity index (χ1n) is 26.1. The highest BCUT2D eigenvalue weighted by Crippen LogP contribution is 2.43. The predicted molar refractivity (Wildman–Crippen MR) is 281 cm³/mol. The molecule has 0 aliphatic heterocycles. The molecule has 3 atom stereocenters. The number of allylic oxidation sites excluding steroid dienone is 15. The van der Waals surface area contributed by atoms with Crippen LogP contribution >= 0.6 is 7.82 Å². The highest BCUT2D eigenvalue weighted by Gasteiger charge is 2.27. The first-order valence-corrected chi connectivity index (χ1v) is 27.6. The molecule has 0 rings (SSSR count). The van der Waals surface area contributed by atoms with Gasteiger partial charge in [0.05, 0.1) is 39.9 Å². The van der Waals surface area contributed by atoms with Crippen molar-refractivity contribution >= 4 is 13.7 Å². The summed E-state index contributed by atoms with van der Waals surface area (Å²) in [6.45, 7) is 4.64. The number of hydrogen-bond acceptors (Lipinski definition) is 5. The van der Waals surface area contributed by atoms with Crippen LogP contribution in [-0.2, 0) is 18.4 Å². The number of rotatable bonds is 46. The fraction of sp³-hybridized carbons (Fsp3) is 0.696. The topological polar surface area (TPSA) is 105 Å². The second-order valence-corrected chi connectivity index (χ2v) is 19.9. The van der Waals surface area contributed by atoms with Crippen molar-refractivity contribution in [3.05, 3.63) is 97.2 Å². The molecule has 0 aliphatic carbocycles. The van der Waals surface area contributed by atoms with Crippen molar-refractivity contribution in [1.29, 1.82) is 0 Å². The predicted octanol–water partition coefficient (Wildman–Crippen LogP) is 15.5. The molecule has 374 valence electrons. The molecule has 0 heterocycles. The van der Waals surface area contributed by atoms with Crippen LogP contribution in [0.4, 0.5) is 0 Å². The molecule has 3 unspecified atom stereocenters. The number of hydrogen-bond donors (Lipinski definition) is 3. The minimum atomic E-state index is -4.37. The number of phosphoric acid groups is 1. The highest BCUT2D eigenvalue weighted by molar-refractivity contribution is 7.47. The Morgan fingerprint density at radius 3 is 1.42 bits per heavy atom. The van der Waals surface area contributed by atoms with E-state index >= 15 is 0 Å². The van der Waals surface area contributed by atoms with Crippen LogP contribution in [0.15, 0.2) is 97.2 Å². The minimum absolute atomic E-state index is 0.0414. The van der Waals surface area contributed by atoms with Crippen LogP contribution in [0.3, 0.4) is 0 Å². The summed E-state index contributed by atoms with van der Waals surface area (Å²) in [6, 6.07) is -0.894. The summed E-state index contributed by atoms with van der Waals surface area (Å²) >= 11 is 0. The van der Waals surface area contributed by atoms with Crippen LogP contribution in [0.2, 0.25) is 0 Å². The summed E-state index contributed by atoms with van der Waals surface area (Å²) in [7, 11) is 1.51. The fourth-order valence-electron chi connectivity index (χ4n) is 6.92. The van der Waals surface area contributed by atoms with E-state index in [0.717, 1.165) is 77.0 Å². The second-order valence-electron chi connectivity index (χ2n) is 18.5. The van der Waals surface area contributed by atoms with Gasteiger partial charge in [-0.3, -0.25) is 13.8 Å². The van der Waals surface area contributed by atoms with E-state index in [1.54, 1.807) is 6.08 Å². The maximum Gasteiger partial charge on any atom is 0.472 e. The number of aliphatic hydroxyl groups excluding tert-OH is 1. The second kappa shape index (κ2) is 46.5. The molecule has 0 aliphatic rings. The number of quaternary nitrogens is 1. The van der Waals surface area contributed by atoms with E-state index in [1.165, 1.54) is 96.3 Å². The molecule has 0 aromatic heterocycles. The number of amides is 1. The van der Waals surface area contributed by atoms with E-state index < -0.39 is 20.0 Å². The summed E-state index contributed by atoms with van der Waals surface area (Å²) in [5, 5.41) is 13.8. The van der Waals surface area contributed by atoms with Crippen molar-refractivity contribution in [3.63, 3.8) is 0 Å². The lowest BCUT2D eigenvalue weighted by Gasteiger charge is -2.25. The number of phosphoric ester groups is 1. The number of carbonyl (C=O) groups is 1. The van der Waals surface area contributed by atoms with Gasteiger partial charge in [-0.05, 0) is 89.9 Å². The molecule has 3 N–H and O–H groups in total. The zero-order valence-electron chi connectivity index (χ0n) is 42.4. The Balaban J connectivity index is 4.45. The molecule has 0 bridgehead atoms. The fourth-order valence-corrected chi connectivity index (χ4v) is 7.66. The van der Waals surface area contributed by atoms with E-state index in [4.69, 9.17) is 9.05 Å². The molecule has 65 heavy (non-hydrogen) atoms. The number of unbranched alkanes of at least 4 members (excludes halogenated alkanes) is 19. The molecular formula is C56H100N2O6P+. The van der Waals surface area contributed by atoms with E-state index in [2.05, 4.69) is 104 Å². The Kier molecular flexibility index (Phi) is 44.7. The van der Waals surface area contributed by atoms with Gasteiger partial charge in [0.25, 0.3) is 0 Å². The molecular weight excluding hydrogens is 828 g/mol. The Hall–Kier alpha value is -2.58. The van der Waals surface area contributed by atoms with Gasteiger partial charge in [0, 0.05) is 6.42 Å². The van der Waals surface area contributed by atoms with Crippen LogP contribution in [-0.4, -0.2) is 73.4 Å². The van der Waals surface area contributed by atoms with Gasteiger partial charge >= 0.3 is 7.82 Å². The molecule has 0 aromatic carbocycles.